The van der Waals surface area contributed by atoms with Crippen molar-refractivity contribution in [3.05, 3.63) is 24.3 Å². The highest BCUT2D eigenvalue weighted by atomic mass is 16.5. The number of anilines is 2. The van der Waals surface area contributed by atoms with E-state index < -0.39 is 0 Å². The Bertz CT molecular complexity index is 367. The average molecular weight is 250 g/mol. The molecule has 100 valence electrons. The van der Waals surface area contributed by atoms with Crippen molar-refractivity contribution in [1.29, 1.82) is 0 Å². The van der Waals surface area contributed by atoms with Gasteiger partial charge in [-0.15, -0.1) is 0 Å². The molecule has 0 bridgehead atoms. The van der Waals surface area contributed by atoms with Crippen LogP contribution in [0.25, 0.3) is 0 Å². The molecule has 0 spiro atoms. The van der Waals surface area contributed by atoms with E-state index in [0.717, 1.165) is 31.6 Å². The molecule has 0 saturated carbocycles. The molecule has 1 aromatic rings. The fraction of sp³-hybridized carbons (Fsp3) is 0.500. The van der Waals surface area contributed by atoms with Gasteiger partial charge >= 0.3 is 0 Å². The van der Waals surface area contributed by atoms with Crippen molar-refractivity contribution >= 4 is 17.3 Å². The standard InChI is InChI=1S/C14H22N2O2/c1-2-3-9-18-10-5-8-14(17)16-13-7-4-6-12(15)11-13/h4,6-7,11H,2-3,5,8-10,15H2,1H3,(H,16,17). The van der Waals surface area contributed by atoms with Gasteiger partial charge in [-0.05, 0) is 31.0 Å². The first-order valence-electron chi connectivity index (χ1n) is 6.45. The molecule has 0 aliphatic heterocycles. The lowest BCUT2D eigenvalue weighted by Crippen LogP contribution is -2.12. The van der Waals surface area contributed by atoms with E-state index in [1.807, 2.05) is 12.1 Å². The molecule has 0 radical (unpaired) electrons. The summed E-state index contributed by atoms with van der Waals surface area (Å²) in [6, 6.07) is 7.18. The van der Waals surface area contributed by atoms with E-state index in [4.69, 9.17) is 10.5 Å². The molecule has 18 heavy (non-hydrogen) atoms. The Morgan fingerprint density at radius 2 is 2.11 bits per heavy atom. The number of hydrogen-bond donors (Lipinski definition) is 2. The predicted molar refractivity (Wildman–Crippen MR) is 74.4 cm³/mol. The van der Waals surface area contributed by atoms with Crippen molar-refractivity contribution in [3.8, 4) is 0 Å². The van der Waals surface area contributed by atoms with Crippen LogP contribution in [-0.4, -0.2) is 19.1 Å². The monoisotopic (exact) mass is 250 g/mol. The molecule has 0 aliphatic carbocycles. The summed E-state index contributed by atoms with van der Waals surface area (Å²) in [5, 5.41) is 2.81. The predicted octanol–water partition coefficient (Wildman–Crippen LogP) is 2.80. The second-order valence-electron chi connectivity index (χ2n) is 4.24. The topological polar surface area (TPSA) is 64.3 Å². The molecule has 0 saturated heterocycles. The Labute approximate surface area is 109 Å². The summed E-state index contributed by atoms with van der Waals surface area (Å²) >= 11 is 0. The Hall–Kier alpha value is -1.55. The van der Waals surface area contributed by atoms with Gasteiger partial charge in [0.05, 0.1) is 0 Å². The molecule has 0 heterocycles. The van der Waals surface area contributed by atoms with Crippen molar-refractivity contribution in [2.45, 2.75) is 32.6 Å². The SMILES string of the molecule is CCCCOCCCC(=O)Nc1cccc(N)c1. The second kappa shape index (κ2) is 8.53. The summed E-state index contributed by atoms with van der Waals surface area (Å²) in [6.07, 6.45) is 3.43. The molecule has 0 fully saturated rings. The summed E-state index contributed by atoms with van der Waals surface area (Å²) < 4.78 is 5.39. The van der Waals surface area contributed by atoms with Crippen LogP contribution in [0.15, 0.2) is 24.3 Å². The molecule has 4 heteroatoms. The van der Waals surface area contributed by atoms with Crippen LogP contribution in [0.3, 0.4) is 0 Å². The summed E-state index contributed by atoms with van der Waals surface area (Å²) in [5.41, 5.74) is 7.02. The minimum atomic E-state index is -0.000286. The van der Waals surface area contributed by atoms with E-state index in [1.54, 1.807) is 12.1 Å². The number of benzene rings is 1. The van der Waals surface area contributed by atoms with Crippen LogP contribution in [0.2, 0.25) is 0 Å². The lowest BCUT2D eigenvalue weighted by molar-refractivity contribution is -0.116. The highest BCUT2D eigenvalue weighted by Gasteiger charge is 2.02. The molecule has 4 nitrogen and oxygen atoms in total. The van der Waals surface area contributed by atoms with Gasteiger partial charge in [-0.2, -0.15) is 0 Å². The van der Waals surface area contributed by atoms with Crippen LogP contribution in [-0.2, 0) is 9.53 Å². The molecule has 1 aromatic carbocycles. The summed E-state index contributed by atoms with van der Waals surface area (Å²) in [7, 11) is 0. The first-order valence-corrected chi connectivity index (χ1v) is 6.45. The molecule has 0 atom stereocenters. The number of nitrogens with two attached hydrogens (primary N) is 1. The van der Waals surface area contributed by atoms with Gasteiger partial charge < -0.3 is 15.8 Å². The number of carbonyl (C=O) groups is 1. The number of carbonyl (C=O) groups excluding carboxylic acids is 1. The van der Waals surface area contributed by atoms with Crippen LogP contribution in [0, 0.1) is 0 Å². The molecule has 0 aliphatic rings. The van der Waals surface area contributed by atoms with Crippen molar-refractivity contribution in [2.24, 2.45) is 0 Å². The molecular weight excluding hydrogens is 228 g/mol. The van der Waals surface area contributed by atoms with Crippen LogP contribution in [0.4, 0.5) is 11.4 Å². The lowest BCUT2D eigenvalue weighted by atomic mass is 10.2. The van der Waals surface area contributed by atoms with Crippen molar-refractivity contribution < 1.29 is 9.53 Å². The smallest absolute Gasteiger partial charge is 0.224 e. The number of nitrogen functional groups attached to an aromatic ring is 1. The number of rotatable bonds is 8. The zero-order valence-electron chi connectivity index (χ0n) is 10.9. The Morgan fingerprint density at radius 1 is 1.33 bits per heavy atom. The first kappa shape index (κ1) is 14.5. The second-order valence-corrected chi connectivity index (χ2v) is 4.24. The number of nitrogens with one attached hydrogen (secondary N) is 1. The minimum Gasteiger partial charge on any atom is -0.399 e. The summed E-state index contributed by atoms with van der Waals surface area (Å²) in [5.74, 6) is -0.000286. The minimum absolute atomic E-state index is 0.000286. The summed E-state index contributed by atoms with van der Waals surface area (Å²) in [4.78, 5) is 11.6. The zero-order chi connectivity index (χ0) is 13.2. The fourth-order valence-electron chi connectivity index (χ4n) is 1.52. The van der Waals surface area contributed by atoms with Crippen LogP contribution in [0.1, 0.15) is 32.6 Å². The molecular formula is C14H22N2O2. The van der Waals surface area contributed by atoms with Gasteiger partial charge in [0, 0.05) is 31.0 Å². The third kappa shape index (κ3) is 6.25. The molecule has 3 N–H and O–H groups in total. The van der Waals surface area contributed by atoms with E-state index in [-0.39, 0.29) is 5.91 Å². The van der Waals surface area contributed by atoms with Crippen LogP contribution >= 0.6 is 0 Å². The van der Waals surface area contributed by atoms with Crippen LogP contribution < -0.4 is 11.1 Å². The number of ether oxygens (including phenoxy) is 1. The van der Waals surface area contributed by atoms with Gasteiger partial charge in [0.2, 0.25) is 5.91 Å². The van der Waals surface area contributed by atoms with E-state index in [2.05, 4.69) is 12.2 Å². The number of unbranched alkanes of at least 4 members (excludes halogenated alkanes) is 1. The Morgan fingerprint density at radius 3 is 2.83 bits per heavy atom. The third-order valence-electron chi connectivity index (χ3n) is 2.51. The molecule has 1 rings (SSSR count). The molecule has 1 amide bonds. The maximum absolute atomic E-state index is 11.6. The maximum Gasteiger partial charge on any atom is 0.224 e. The van der Waals surface area contributed by atoms with Crippen molar-refractivity contribution in [1.82, 2.24) is 0 Å². The Balaban J connectivity index is 2.14. The highest BCUT2D eigenvalue weighted by Crippen LogP contribution is 2.12. The van der Waals surface area contributed by atoms with E-state index in [9.17, 15) is 4.79 Å². The summed E-state index contributed by atoms with van der Waals surface area (Å²) in [6.45, 7) is 3.56. The van der Waals surface area contributed by atoms with Gasteiger partial charge in [0.1, 0.15) is 0 Å². The van der Waals surface area contributed by atoms with Gasteiger partial charge in [-0.1, -0.05) is 19.4 Å². The quantitative estimate of drug-likeness (QED) is 0.551. The Kier molecular flexibility index (Phi) is 6.87. The van der Waals surface area contributed by atoms with E-state index >= 15 is 0 Å². The normalized spacial score (nSPS) is 10.3. The molecule has 0 unspecified atom stereocenters. The zero-order valence-corrected chi connectivity index (χ0v) is 10.9. The van der Waals surface area contributed by atoms with Crippen molar-refractivity contribution in [2.75, 3.05) is 24.3 Å². The van der Waals surface area contributed by atoms with Gasteiger partial charge in [0.15, 0.2) is 0 Å². The average Bonchev–Trinajstić information content (AvgIpc) is 2.33. The van der Waals surface area contributed by atoms with Gasteiger partial charge in [-0.3, -0.25) is 4.79 Å². The number of amides is 1. The maximum atomic E-state index is 11.6. The third-order valence-corrected chi connectivity index (χ3v) is 2.51. The van der Waals surface area contributed by atoms with Crippen LogP contribution in [0.5, 0.6) is 0 Å². The lowest BCUT2D eigenvalue weighted by Gasteiger charge is -2.06. The van der Waals surface area contributed by atoms with Gasteiger partial charge in [-0.25, -0.2) is 0 Å². The van der Waals surface area contributed by atoms with E-state index in [1.165, 1.54) is 0 Å². The number of hydrogen-bond acceptors (Lipinski definition) is 3. The van der Waals surface area contributed by atoms with Gasteiger partial charge in [0.25, 0.3) is 0 Å². The largest absolute Gasteiger partial charge is 0.399 e. The fourth-order valence-corrected chi connectivity index (χ4v) is 1.52. The van der Waals surface area contributed by atoms with Crippen molar-refractivity contribution in [3.63, 3.8) is 0 Å². The highest BCUT2D eigenvalue weighted by molar-refractivity contribution is 5.91. The molecule has 0 aromatic heterocycles. The first-order chi connectivity index (χ1) is 8.72. The van der Waals surface area contributed by atoms with E-state index in [0.29, 0.717) is 18.7 Å².